The average molecular weight is 433 g/mol. The molecule has 1 aliphatic carbocycles. The van der Waals surface area contributed by atoms with Gasteiger partial charge in [-0.25, -0.2) is 0 Å². The van der Waals surface area contributed by atoms with E-state index in [4.69, 9.17) is 12.2 Å². The van der Waals surface area contributed by atoms with Gasteiger partial charge in [0.2, 0.25) is 0 Å². The Morgan fingerprint density at radius 2 is 1.79 bits per heavy atom. The molecule has 0 saturated heterocycles. The molecular formula is C19H17F6N3S. The minimum atomic E-state index is -4.92. The van der Waals surface area contributed by atoms with Gasteiger partial charge in [0.05, 0.1) is 11.0 Å². The second kappa shape index (κ2) is 7.47. The zero-order valence-electron chi connectivity index (χ0n) is 15.2. The van der Waals surface area contributed by atoms with E-state index in [1.807, 2.05) is 30.3 Å². The van der Waals surface area contributed by atoms with Gasteiger partial charge in [0.15, 0.2) is 10.6 Å². The van der Waals surface area contributed by atoms with Crippen LogP contribution in [0.25, 0.3) is 5.57 Å². The third-order valence-corrected chi connectivity index (χ3v) is 5.16. The van der Waals surface area contributed by atoms with E-state index in [2.05, 4.69) is 10.2 Å². The molecule has 3 rings (SSSR count). The van der Waals surface area contributed by atoms with Gasteiger partial charge in [0.25, 0.3) is 0 Å². The van der Waals surface area contributed by atoms with Crippen molar-refractivity contribution in [3.05, 3.63) is 64.2 Å². The monoisotopic (exact) mass is 433 g/mol. The normalized spacial score (nSPS) is 20.4. The van der Waals surface area contributed by atoms with Gasteiger partial charge in [-0.3, -0.25) is 5.10 Å². The first kappa shape index (κ1) is 21.4. The summed E-state index contributed by atoms with van der Waals surface area (Å²) in [7, 11) is 0. The number of aromatic nitrogens is 3. The van der Waals surface area contributed by atoms with Crippen LogP contribution in [0.1, 0.15) is 24.7 Å². The highest BCUT2D eigenvalue weighted by Crippen LogP contribution is 2.50. The van der Waals surface area contributed by atoms with Crippen LogP contribution in [0.5, 0.6) is 0 Å². The Balaban J connectivity index is 2.00. The summed E-state index contributed by atoms with van der Waals surface area (Å²) in [4.78, 5) is 0. The number of halogens is 6. The highest BCUT2D eigenvalue weighted by Gasteiger charge is 2.53. The number of nitrogens with one attached hydrogen (secondary N) is 1. The maximum absolute atomic E-state index is 13.6. The van der Waals surface area contributed by atoms with E-state index in [9.17, 15) is 26.3 Å². The number of hydrogen-bond acceptors (Lipinski definition) is 2. The molecule has 0 bridgehead atoms. The topological polar surface area (TPSA) is 33.6 Å². The molecule has 1 aromatic carbocycles. The quantitative estimate of drug-likeness (QED) is 0.472. The summed E-state index contributed by atoms with van der Waals surface area (Å²) in [6.45, 7) is 1.02. The van der Waals surface area contributed by atoms with Crippen LogP contribution in [0.2, 0.25) is 0 Å². The van der Waals surface area contributed by atoms with Crippen LogP contribution in [-0.2, 0) is 13.0 Å². The van der Waals surface area contributed by atoms with Crippen molar-refractivity contribution >= 4 is 17.8 Å². The SMILES string of the molecule is C[C@]1(C(F)(F)F)C=C(C(F)(F)F)C=C(c2n[nH]c(=S)n2CCc2ccccc2)C1. The van der Waals surface area contributed by atoms with Crippen LogP contribution >= 0.6 is 12.2 Å². The van der Waals surface area contributed by atoms with E-state index < -0.39 is 29.8 Å². The number of hydrogen-bond donors (Lipinski definition) is 1. The molecule has 1 atom stereocenters. The van der Waals surface area contributed by atoms with Gasteiger partial charge < -0.3 is 4.57 Å². The van der Waals surface area contributed by atoms with E-state index in [0.29, 0.717) is 6.42 Å². The minimum Gasteiger partial charge on any atom is -0.300 e. The molecule has 29 heavy (non-hydrogen) atoms. The maximum atomic E-state index is 13.6. The minimum absolute atomic E-state index is 0.0174. The van der Waals surface area contributed by atoms with Gasteiger partial charge in [-0.1, -0.05) is 36.4 Å². The van der Waals surface area contributed by atoms with E-state index in [0.717, 1.165) is 18.6 Å². The van der Waals surface area contributed by atoms with Gasteiger partial charge in [-0.2, -0.15) is 31.4 Å². The van der Waals surface area contributed by atoms with Crippen LogP contribution < -0.4 is 0 Å². The number of nitrogens with zero attached hydrogens (tertiary/aromatic N) is 2. The number of allylic oxidation sites excluding steroid dienone is 4. The van der Waals surface area contributed by atoms with Crippen molar-refractivity contribution in [3.8, 4) is 0 Å². The van der Waals surface area contributed by atoms with Crippen LogP contribution in [0, 0.1) is 10.2 Å². The maximum Gasteiger partial charge on any atom is 0.416 e. The van der Waals surface area contributed by atoms with Crippen molar-refractivity contribution < 1.29 is 26.3 Å². The summed E-state index contributed by atoms with van der Waals surface area (Å²) in [5, 5.41) is 6.41. The summed E-state index contributed by atoms with van der Waals surface area (Å²) in [6, 6.07) is 9.25. The molecule has 3 nitrogen and oxygen atoms in total. The Morgan fingerprint density at radius 1 is 1.14 bits per heavy atom. The Hall–Kier alpha value is -2.36. The molecule has 0 fully saturated rings. The molecule has 2 aromatic rings. The first-order valence-corrected chi connectivity index (χ1v) is 9.08. The van der Waals surface area contributed by atoms with E-state index in [1.165, 1.54) is 4.57 Å². The molecule has 1 aliphatic rings. The summed E-state index contributed by atoms with van der Waals surface area (Å²) >= 11 is 5.15. The van der Waals surface area contributed by atoms with Crippen LogP contribution in [0.3, 0.4) is 0 Å². The predicted octanol–water partition coefficient (Wildman–Crippen LogP) is 6.03. The van der Waals surface area contributed by atoms with Crippen molar-refractivity contribution in [2.75, 3.05) is 0 Å². The van der Waals surface area contributed by atoms with Gasteiger partial charge in [0, 0.05) is 6.54 Å². The lowest BCUT2D eigenvalue weighted by Crippen LogP contribution is -2.36. The number of alkyl halides is 6. The Bertz CT molecular complexity index is 997. The van der Waals surface area contributed by atoms with Gasteiger partial charge in [-0.15, -0.1) is 0 Å². The van der Waals surface area contributed by atoms with Crippen LogP contribution in [0.4, 0.5) is 26.3 Å². The average Bonchev–Trinajstić information content (AvgIpc) is 2.99. The Kier molecular flexibility index (Phi) is 5.50. The van der Waals surface area contributed by atoms with E-state index in [1.54, 1.807) is 0 Å². The first-order valence-electron chi connectivity index (χ1n) is 8.67. The molecule has 0 amide bonds. The van der Waals surface area contributed by atoms with Crippen molar-refractivity contribution in [1.29, 1.82) is 0 Å². The molecule has 0 spiro atoms. The zero-order valence-corrected chi connectivity index (χ0v) is 16.0. The van der Waals surface area contributed by atoms with Crippen molar-refractivity contribution in [3.63, 3.8) is 0 Å². The smallest absolute Gasteiger partial charge is 0.300 e. The van der Waals surface area contributed by atoms with Crippen LogP contribution in [0.15, 0.2) is 48.1 Å². The molecule has 1 aromatic heterocycles. The second-order valence-corrected chi connectivity index (χ2v) is 7.49. The fourth-order valence-corrected chi connectivity index (χ4v) is 3.44. The largest absolute Gasteiger partial charge is 0.416 e. The first-order chi connectivity index (χ1) is 13.4. The number of benzene rings is 1. The fraction of sp³-hybridized carbons (Fsp3) is 0.368. The third kappa shape index (κ3) is 4.47. The summed E-state index contributed by atoms with van der Waals surface area (Å²) in [6.07, 6.45) is -8.98. The van der Waals surface area contributed by atoms with Gasteiger partial charge >= 0.3 is 12.4 Å². The number of aromatic amines is 1. The Morgan fingerprint density at radius 3 is 2.38 bits per heavy atom. The van der Waals surface area contributed by atoms with Gasteiger partial charge in [-0.05, 0) is 49.2 Å². The lowest BCUT2D eigenvalue weighted by molar-refractivity contribution is -0.199. The van der Waals surface area contributed by atoms with Gasteiger partial charge in [0.1, 0.15) is 0 Å². The summed E-state index contributed by atoms with van der Waals surface area (Å²) < 4.78 is 82.1. The summed E-state index contributed by atoms with van der Waals surface area (Å²) in [5.74, 6) is -0.0174. The van der Waals surface area contributed by atoms with Crippen LogP contribution in [-0.4, -0.2) is 27.1 Å². The molecule has 156 valence electrons. The highest BCUT2D eigenvalue weighted by molar-refractivity contribution is 7.71. The zero-order chi connectivity index (χ0) is 21.4. The molecule has 0 unspecified atom stereocenters. The molecule has 10 heteroatoms. The van der Waals surface area contributed by atoms with E-state index in [-0.39, 0.29) is 28.8 Å². The van der Waals surface area contributed by atoms with E-state index >= 15 is 0 Å². The van der Waals surface area contributed by atoms with Crippen molar-refractivity contribution in [2.24, 2.45) is 5.41 Å². The molecule has 1 heterocycles. The number of rotatable bonds is 4. The second-order valence-electron chi connectivity index (χ2n) is 7.10. The molecule has 0 aliphatic heterocycles. The number of H-pyrrole nitrogens is 1. The molecule has 0 radical (unpaired) electrons. The predicted molar refractivity (Wildman–Crippen MR) is 98.5 cm³/mol. The Labute approximate surface area is 167 Å². The lowest BCUT2D eigenvalue weighted by Gasteiger charge is -2.34. The molecule has 1 N–H and O–H groups in total. The standard InChI is InChI=1S/C19H17F6N3S/c1-17(19(23,24)25)10-13(9-14(11-17)18(20,21)22)15-26-27-16(29)28(15)8-7-12-5-3-2-4-6-12/h2-6,9,11H,7-8,10H2,1H3,(H,27,29)/t17-/m1/s1. The summed E-state index contributed by atoms with van der Waals surface area (Å²) in [5.41, 5.74) is -3.22. The van der Waals surface area contributed by atoms with Crippen molar-refractivity contribution in [1.82, 2.24) is 14.8 Å². The molecule has 0 saturated carbocycles. The third-order valence-electron chi connectivity index (χ3n) is 4.85. The number of aryl methyl sites for hydroxylation is 1. The lowest BCUT2D eigenvalue weighted by atomic mass is 9.76. The molecular weight excluding hydrogens is 416 g/mol. The van der Waals surface area contributed by atoms with Crippen molar-refractivity contribution in [2.45, 2.75) is 38.7 Å². The fourth-order valence-electron chi connectivity index (χ4n) is 3.22. The highest BCUT2D eigenvalue weighted by atomic mass is 32.1.